The molecule has 0 radical (unpaired) electrons. The lowest BCUT2D eigenvalue weighted by Crippen LogP contribution is -2.03. The van der Waals surface area contributed by atoms with Crippen LogP contribution in [-0.4, -0.2) is 16.3 Å². The Morgan fingerprint density at radius 3 is 2.88 bits per heavy atom. The zero-order chi connectivity index (χ0) is 11.4. The molecule has 0 unspecified atom stereocenters. The van der Waals surface area contributed by atoms with Gasteiger partial charge in [0, 0.05) is 18.1 Å². The Bertz CT molecular complexity index is 465. The van der Waals surface area contributed by atoms with Gasteiger partial charge >= 0.3 is 0 Å². The van der Waals surface area contributed by atoms with Crippen LogP contribution in [-0.2, 0) is 13.5 Å². The van der Waals surface area contributed by atoms with Crippen molar-refractivity contribution in [2.75, 3.05) is 6.54 Å². The SMILES string of the molecule is Cn1cc(Sc2ccccc2CCN)cn1. The maximum atomic E-state index is 5.60. The minimum absolute atomic E-state index is 0.685. The molecule has 1 aromatic heterocycles. The van der Waals surface area contributed by atoms with Gasteiger partial charge in [0.2, 0.25) is 0 Å². The van der Waals surface area contributed by atoms with E-state index in [1.54, 1.807) is 11.8 Å². The molecule has 0 saturated heterocycles. The lowest BCUT2D eigenvalue weighted by atomic mass is 10.1. The third kappa shape index (κ3) is 2.65. The molecule has 1 aromatic carbocycles. The number of hydrogen-bond acceptors (Lipinski definition) is 3. The van der Waals surface area contributed by atoms with E-state index >= 15 is 0 Å². The van der Waals surface area contributed by atoms with Crippen molar-refractivity contribution in [3.05, 3.63) is 42.2 Å². The van der Waals surface area contributed by atoms with Gasteiger partial charge in [-0.3, -0.25) is 4.68 Å². The van der Waals surface area contributed by atoms with E-state index in [1.807, 2.05) is 24.1 Å². The molecule has 16 heavy (non-hydrogen) atoms. The number of hydrogen-bond donors (Lipinski definition) is 1. The summed E-state index contributed by atoms with van der Waals surface area (Å²) in [5.74, 6) is 0. The maximum absolute atomic E-state index is 5.60. The number of rotatable bonds is 4. The van der Waals surface area contributed by atoms with Gasteiger partial charge in [0.15, 0.2) is 0 Å². The summed E-state index contributed by atoms with van der Waals surface area (Å²) in [7, 11) is 1.93. The molecule has 0 atom stereocenters. The molecule has 2 N–H and O–H groups in total. The molecule has 4 heteroatoms. The van der Waals surface area contributed by atoms with Crippen molar-refractivity contribution in [3.63, 3.8) is 0 Å². The van der Waals surface area contributed by atoms with Crippen LogP contribution < -0.4 is 5.73 Å². The summed E-state index contributed by atoms with van der Waals surface area (Å²) in [6.45, 7) is 0.685. The summed E-state index contributed by atoms with van der Waals surface area (Å²) >= 11 is 1.74. The summed E-state index contributed by atoms with van der Waals surface area (Å²) in [6.07, 6.45) is 4.82. The highest BCUT2D eigenvalue weighted by molar-refractivity contribution is 7.99. The van der Waals surface area contributed by atoms with Crippen LogP contribution >= 0.6 is 11.8 Å². The van der Waals surface area contributed by atoms with Crippen LogP contribution in [0.3, 0.4) is 0 Å². The minimum atomic E-state index is 0.685. The van der Waals surface area contributed by atoms with Crippen LogP contribution in [0.2, 0.25) is 0 Å². The fourth-order valence-corrected chi connectivity index (χ4v) is 2.55. The molecule has 0 amide bonds. The van der Waals surface area contributed by atoms with E-state index in [0.717, 1.165) is 11.3 Å². The van der Waals surface area contributed by atoms with E-state index in [-0.39, 0.29) is 0 Å². The Kier molecular flexibility index (Phi) is 3.64. The molecule has 0 aliphatic rings. The Labute approximate surface area is 99.7 Å². The first-order valence-electron chi connectivity index (χ1n) is 5.24. The van der Waals surface area contributed by atoms with E-state index in [9.17, 15) is 0 Å². The topological polar surface area (TPSA) is 43.8 Å². The number of aryl methyl sites for hydroxylation is 1. The van der Waals surface area contributed by atoms with E-state index in [1.165, 1.54) is 10.5 Å². The van der Waals surface area contributed by atoms with Crippen LogP contribution in [0.1, 0.15) is 5.56 Å². The smallest absolute Gasteiger partial charge is 0.0629 e. The fourth-order valence-electron chi connectivity index (χ4n) is 1.54. The summed E-state index contributed by atoms with van der Waals surface area (Å²) in [4.78, 5) is 2.42. The number of aromatic nitrogens is 2. The summed E-state index contributed by atoms with van der Waals surface area (Å²) < 4.78 is 1.81. The third-order valence-corrected chi connectivity index (χ3v) is 3.36. The first-order chi connectivity index (χ1) is 7.79. The predicted octanol–water partition coefficient (Wildman–Crippen LogP) is 2.07. The fraction of sp³-hybridized carbons (Fsp3) is 0.250. The van der Waals surface area contributed by atoms with Crippen molar-refractivity contribution in [1.29, 1.82) is 0 Å². The molecule has 0 bridgehead atoms. The summed E-state index contributed by atoms with van der Waals surface area (Å²) in [6, 6.07) is 8.37. The summed E-state index contributed by atoms with van der Waals surface area (Å²) in [5.41, 5.74) is 6.91. The van der Waals surface area contributed by atoms with Crippen molar-refractivity contribution < 1.29 is 0 Å². The second-order valence-corrected chi connectivity index (χ2v) is 4.71. The average molecular weight is 233 g/mol. The van der Waals surface area contributed by atoms with E-state index in [0.29, 0.717) is 6.54 Å². The second kappa shape index (κ2) is 5.18. The molecule has 0 saturated carbocycles. The molecule has 2 rings (SSSR count). The average Bonchev–Trinajstić information content (AvgIpc) is 2.67. The zero-order valence-corrected chi connectivity index (χ0v) is 10.1. The van der Waals surface area contributed by atoms with Crippen molar-refractivity contribution in [1.82, 2.24) is 9.78 Å². The third-order valence-electron chi connectivity index (χ3n) is 2.30. The molecule has 0 aliphatic carbocycles. The minimum Gasteiger partial charge on any atom is -0.330 e. The predicted molar refractivity (Wildman–Crippen MR) is 66.5 cm³/mol. The van der Waals surface area contributed by atoms with Gasteiger partial charge in [-0.05, 0) is 24.6 Å². The Balaban J connectivity index is 2.20. The highest BCUT2D eigenvalue weighted by Gasteiger charge is 2.04. The van der Waals surface area contributed by atoms with Crippen molar-refractivity contribution in [2.24, 2.45) is 12.8 Å². The molecule has 84 valence electrons. The zero-order valence-electron chi connectivity index (χ0n) is 9.26. The van der Waals surface area contributed by atoms with Gasteiger partial charge < -0.3 is 5.73 Å². The van der Waals surface area contributed by atoms with Gasteiger partial charge in [-0.15, -0.1) is 0 Å². The van der Waals surface area contributed by atoms with Crippen molar-refractivity contribution >= 4 is 11.8 Å². The van der Waals surface area contributed by atoms with E-state index < -0.39 is 0 Å². The van der Waals surface area contributed by atoms with Gasteiger partial charge in [-0.2, -0.15) is 5.10 Å². The van der Waals surface area contributed by atoms with Gasteiger partial charge in [-0.25, -0.2) is 0 Å². The van der Waals surface area contributed by atoms with Crippen molar-refractivity contribution in [3.8, 4) is 0 Å². The monoisotopic (exact) mass is 233 g/mol. The molecule has 3 nitrogen and oxygen atoms in total. The maximum Gasteiger partial charge on any atom is 0.0629 e. The molecule has 0 aliphatic heterocycles. The molecule has 2 aromatic rings. The van der Waals surface area contributed by atoms with E-state index in [2.05, 4.69) is 29.4 Å². The van der Waals surface area contributed by atoms with Crippen molar-refractivity contribution in [2.45, 2.75) is 16.2 Å². The molecular weight excluding hydrogens is 218 g/mol. The first kappa shape index (κ1) is 11.2. The molecule has 0 fully saturated rings. The van der Waals surface area contributed by atoms with Crippen LogP contribution in [0, 0.1) is 0 Å². The van der Waals surface area contributed by atoms with Crippen LogP contribution in [0.4, 0.5) is 0 Å². The second-order valence-electron chi connectivity index (χ2n) is 3.60. The lowest BCUT2D eigenvalue weighted by molar-refractivity contribution is 0.766. The Morgan fingerprint density at radius 1 is 1.38 bits per heavy atom. The molecular formula is C12H15N3S. The Morgan fingerprint density at radius 2 is 2.19 bits per heavy atom. The van der Waals surface area contributed by atoms with Crippen LogP contribution in [0.5, 0.6) is 0 Å². The Hall–Kier alpha value is -1.26. The number of benzene rings is 1. The van der Waals surface area contributed by atoms with Gasteiger partial charge in [0.05, 0.1) is 11.1 Å². The van der Waals surface area contributed by atoms with E-state index in [4.69, 9.17) is 5.73 Å². The lowest BCUT2D eigenvalue weighted by Gasteiger charge is -2.06. The van der Waals surface area contributed by atoms with Crippen LogP contribution in [0.15, 0.2) is 46.5 Å². The quantitative estimate of drug-likeness (QED) is 0.879. The first-order valence-corrected chi connectivity index (χ1v) is 6.05. The molecule has 0 spiro atoms. The standard InChI is InChI=1S/C12H15N3S/c1-15-9-11(8-14-15)16-12-5-3-2-4-10(12)6-7-13/h2-5,8-9H,6-7,13H2,1H3. The molecule has 1 heterocycles. The van der Waals surface area contributed by atoms with Gasteiger partial charge in [0.25, 0.3) is 0 Å². The largest absolute Gasteiger partial charge is 0.330 e. The normalized spacial score (nSPS) is 10.6. The summed E-state index contributed by atoms with van der Waals surface area (Å²) in [5, 5.41) is 4.16. The number of nitrogens with zero attached hydrogens (tertiary/aromatic N) is 2. The highest BCUT2D eigenvalue weighted by atomic mass is 32.2. The highest BCUT2D eigenvalue weighted by Crippen LogP contribution is 2.29. The number of nitrogens with two attached hydrogens (primary N) is 1. The van der Waals surface area contributed by atoms with Gasteiger partial charge in [0.1, 0.15) is 0 Å². The van der Waals surface area contributed by atoms with Gasteiger partial charge in [-0.1, -0.05) is 30.0 Å². The van der Waals surface area contributed by atoms with Crippen LogP contribution in [0.25, 0.3) is 0 Å².